The molecule has 2 N–H and O–H groups in total. The van der Waals surface area contributed by atoms with Gasteiger partial charge in [-0.1, -0.05) is 12.1 Å². The van der Waals surface area contributed by atoms with Gasteiger partial charge < -0.3 is 10.4 Å². The second kappa shape index (κ2) is 8.12. The third kappa shape index (κ3) is 3.84. The van der Waals surface area contributed by atoms with E-state index in [9.17, 15) is 13.9 Å². The molecule has 0 radical (unpaired) electrons. The van der Waals surface area contributed by atoms with Gasteiger partial charge in [-0.25, -0.2) is 23.1 Å². The Bertz CT molecular complexity index is 1250. The number of nitrogens with one attached hydrogen (secondary N) is 1. The lowest BCUT2D eigenvalue weighted by Gasteiger charge is -2.16. The fourth-order valence-corrected chi connectivity index (χ4v) is 4.00. The summed E-state index contributed by atoms with van der Waals surface area (Å²) in [5, 5.41) is 21.9. The van der Waals surface area contributed by atoms with Crippen molar-refractivity contribution in [1.29, 1.82) is 0 Å². The first-order chi connectivity index (χ1) is 15.5. The van der Waals surface area contributed by atoms with Crippen molar-refractivity contribution in [3.63, 3.8) is 0 Å². The average molecular weight is 437 g/mol. The van der Waals surface area contributed by atoms with Gasteiger partial charge in [0.2, 0.25) is 5.95 Å². The van der Waals surface area contributed by atoms with Crippen LogP contribution in [0, 0.1) is 18.6 Å². The van der Waals surface area contributed by atoms with E-state index in [-0.39, 0.29) is 11.7 Å². The van der Waals surface area contributed by atoms with Crippen LogP contribution in [0.2, 0.25) is 0 Å². The van der Waals surface area contributed by atoms with Crippen LogP contribution in [-0.2, 0) is 6.54 Å². The largest absolute Gasteiger partial charge is 0.393 e. The zero-order valence-corrected chi connectivity index (χ0v) is 17.3. The lowest BCUT2D eigenvalue weighted by atomic mass is 9.92. The van der Waals surface area contributed by atoms with Crippen LogP contribution in [0.1, 0.15) is 36.0 Å². The van der Waals surface area contributed by atoms with Crippen molar-refractivity contribution >= 4 is 11.6 Å². The molecule has 4 aromatic rings. The average Bonchev–Trinajstić information content (AvgIpc) is 3.33. The summed E-state index contributed by atoms with van der Waals surface area (Å²) >= 11 is 0. The standard InChI is InChI=1S/C22H21F2N7O/c1-13-25-12-26-31(13)20-7-6-16(10-19(20)24)27-22-28-21-18(14-2-4-15(23)5-3-14)11-17(32)8-9-30(21)29-22/h2-7,10,12,17-18,32H,8-9,11H2,1H3,(H,27,29)/t17-,18-/m1/s1. The Kier molecular flexibility index (Phi) is 5.14. The minimum absolute atomic E-state index is 0.231. The summed E-state index contributed by atoms with van der Waals surface area (Å²) in [4.78, 5) is 8.64. The molecule has 8 nitrogen and oxygen atoms in total. The molecule has 32 heavy (non-hydrogen) atoms. The quantitative estimate of drug-likeness (QED) is 0.508. The molecule has 0 bridgehead atoms. The summed E-state index contributed by atoms with van der Waals surface area (Å²) in [7, 11) is 0. The third-order valence-electron chi connectivity index (χ3n) is 5.62. The number of aromatic nitrogens is 6. The van der Waals surface area contributed by atoms with Gasteiger partial charge in [0.05, 0.1) is 6.10 Å². The number of halogens is 2. The van der Waals surface area contributed by atoms with E-state index in [0.717, 1.165) is 5.56 Å². The lowest BCUT2D eigenvalue weighted by molar-refractivity contribution is 0.150. The number of hydrogen-bond donors (Lipinski definition) is 2. The first kappa shape index (κ1) is 20.3. The first-order valence-electron chi connectivity index (χ1n) is 10.3. The minimum Gasteiger partial charge on any atom is -0.393 e. The van der Waals surface area contributed by atoms with Crippen molar-refractivity contribution < 1.29 is 13.9 Å². The zero-order chi connectivity index (χ0) is 22.2. The van der Waals surface area contributed by atoms with Gasteiger partial charge in [-0.2, -0.15) is 10.1 Å². The number of aliphatic hydroxyl groups excluding tert-OH is 1. The number of aliphatic hydroxyl groups is 1. The molecule has 3 heterocycles. The smallest absolute Gasteiger partial charge is 0.246 e. The molecule has 0 spiro atoms. The fraction of sp³-hybridized carbons (Fsp3) is 0.273. The van der Waals surface area contributed by atoms with Crippen LogP contribution in [0.5, 0.6) is 0 Å². The summed E-state index contributed by atoms with van der Waals surface area (Å²) < 4.78 is 31.3. The summed E-state index contributed by atoms with van der Waals surface area (Å²) in [6, 6.07) is 10.9. The van der Waals surface area contributed by atoms with E-state index in [1.807, 2.05) is 0 Å². The number of benzene rings is 2. The van der Waals surface area contributed by atoms with Crippen molar-refractivity contribution in [3.05, 3.63) is 77.6 Å². The molecule has 0 unspecified atom stereocenters. The molecule has 0 amide bonds. The van der Waals surface area contributed by atoms with E-state index in [1.165, 1.54) is 29.2 Å². The van der Waals surface area contributed by atoms with E-state index in [4.69, 9.17) is 0 Å². The molecular formula is C22H21F2N7O. The first-order valence-corrected chi connectivity index (χ1v) is 10.3. The van der Waals surface area contributed by atoms with Crippen LogP contribution < -0.4 is 5.32 Å². The summed E-state index contributed by atoms with van der Waals surface area (Å²) in [6.07, 6.45) is 1.86. The Labute approximate surface area is 182 Å². The summed E-state index contributed by atoms with van der Waals surface area (Å²) in [5.74, 6) is 0.567. The van der Waals surface area contributed by atoms with Crippen LogP contribution in [0.25, 0.3) is 5.69 Å². The summed E-state index contributed by atoms with van der Waals surface area (Å²) in [5.41, 5.74) is 1.64. The molecule has 2 aromatic heterocycles. The second-order valence-corrected chi connectivity index (χ2v) is 7.81. The van der Waals surface area contributed by atoms with E-state index >= 15 is 0 Å². The number of hydrogen-bond acceptors (Lipinski definition) is 6. The third-order valence-corrected chi connectivity index (χ3v) is 5.62. The van der Waals surface area contributed by atoms with Gasteiger partial charge in [-0.3, -0.25) is 0 Å². The SMILES string of the molecule is Cc1ncnn1-c1ccc(Nc2nc3n(n2)CC[C@@H](O)C[C@@H]3c2ccc(F)cc2)cc1F. The predicted molar refractivity (Wildman–Crippen MR) is 113 cm³/mol. The molecule has 5 rings (SSSR count). The van der Waals surface area contributed by atoms with Crippen LogP contribution in [0.3, 0.4) is 0 Å². The molecule has 10 heteroatoms. The highest BCUT2D eigenvalue weighted by molar-refractivity contribution is 5.56. The van der Waals surface area contributed by atoms with Gasteiger partial charge in [0, 0.05) is 18.2 Å². The van der Waals surface area contributed by atoms with E-state index in [0.29, 0.717) is 48.4 Å². The van der Waals surface area contributed by atoms with E-state index in [1.54, 1.807) is 35.9 Å². The van der Waals surface area contributed by atoms with E-state index in [2.05, 4.69) is 25.5 Å². The Morgan fingerprint density at radius 2 is 1.94 bits per heavy atom. The molecule has 0 fully saturated rings. The number of nitrogens with zero attached hydrogens (tertiary/aromatic N) is 6. The molecule has 2 atom stereocenters. The van der Waals surface area contributed by atoms with Crippen molar-refractivity contribution in [2.24, 2.45) is 0 Å². The molecule has 0 saturated heterocycles. The van der Waals surface area contributed by atoms with Crippen LogP contribution in [0.4, 0.5) is 20.4 Å². The minimum atomic E-state index is -0.508. The molecule has 0 saturated carbocycles. The normalized spacial score (nSPS) is 18.2. The van der Waals surface area contributed by atoms with Gasteiger partial charge in [0.25, 0.3) is 0 Å². The second-order valence-electron chi connectivity index (χ2n) is 7.81. The van der Waals surface area contributed by atoms with Gasteiger partial charge in [0.1, 0.15) is 29.5 Å². The Morgan fingerprint density at radius 3 is 2.66 bits per heavy atom. The lowest BCUT2D eigenvalue weighted by Crippen LogP contribution is -2.12. The predicted octanol–water partition coefficient (Wildman–Crippen LogP) is 3.48. The highest BCUT2D eigenvalue weighted by atomic mass is 19.1. The monoisotopic (exact) mass is 437 g/mol. The summed E-state index contributed by atoms with van der Waals surface area (Å²) in [6.45, 7) is 2.25. The van der Waals surface area contributed by atoms with Crippen molar-refractivity contribution in [2.45, 2.75) is 38.3 Å². The topological polar surface area (TPSA) is 93.7 Å². The van der Waals surface area contributed by atoms with Crippen LogP contribution in [-0.4, -0.2) is 40.7 Å². The highest BCUT2D eigenvalue weighted by Gasteiger charge is 2.28. The van der Waals surface area contributed by atoms with Crippen molar-refractivity contribution in [3.8, 4) is 5.69 Å². The molecule has 0 aliphatic carbocycles. The Hall–Kier alpha value is -3.66. The van der Waals surface area contributed by atoms with Gasteiger partial charge in [-0.15, -0.1) is 5.10 Å². The number of rotatable bonds is 4. The number of anilines is 2. The van der Waals surface area contributed by atoms with Crippen molar-refractivity contribution in [1.82, 2.24) is 29.5 Å². The van der Waals surface area contributed by atoms with E-state index < -0.39 is 11.9 Å². The maximum Gasteiger partial charge on any atom is 0.246 e. The molecule has 1 aliphatic heterocycles. The maximum atomic E-state index is 14.7. The van der Waals surface area contributed by atoms with Crippen LogP contribution in [0.15, 0.2) is 48.8 Å². The van der Waals surface area contributed by atoms with Crippen molar-refractivity contribution in [2.75, 3.05) is 5.32 Å². The highest BCUT2D eigenvalue weighted by Crippen LogP contribution is 2.33. The molecule has 2 aromatic carbocycles. The maximum absolute atomic E-state index is 14.7. The number of aryl methyl sites for hydroxylation is 2. The van der Waals surface area contributed by atoms with Gasteiger partial charge >= 0.3 is 0 Å². The Morgan fingerprint density at radius 1 is 1.12 bits per heavy atom. The van der Waals surface area contributed by atoms with Gasteiger partial charge in [0.15, 0.2) is 5.82 Å². The fourth-order valence-electron chi connectivity index (χ4n) is 4.00. The number of fused-ring (bicyclic) bond motifs is 1. The van der Waals surface area contributed by atoms with Gasteiger partial charge in [-0.05, 0) is 55.7 Å². The Balaban J connectivity index is 1.43. The van der Waals surface area contributed by atoms with Crippen LogP contribution >= 0.6 is 0 Å². The molecular weight excluding hydrogens is 416 g/mol. The molecule has 164 valence electrons. The zero-order valence-electron chi connectivity index (χ0n) is 17.3. The molecule has 1 aliphatic rings.